The average molecular weight is 359 g/mol. The maximum absolute atomic E-state index is 6.85. The third-order valence-electron chi connectivity index (χ3n) is 4.68. The van der Waals surface area contributed by atoms with Gasteiger partial charge in [-0.1, -0.05) is 94.3 Å². The summed E-state index contributed by atoms with van der Waals surface area (Å²) in [4.78, 5) is 0. The second-order valence-corrected chi connectivity index (χ2v) is 11.8. The topological polar surface area (TPSA) is 9.23 Å². The van der Waals surface area contributed by atoms with Crippen LogP contribution in [0.15, 0.2) is 66.7 Å². The van der Waals surface area contributed by atoms with Crippen LogP contribution in [0.5, 0.6) is 0 Å². The molecule has 0 saturated carbocycles. The van der Waals surface area contributed by atoms with Crippen LogP contribution in [0.2, 0.25) is 5.04 Å². The molecule has 3 heteroatoms. The van der Waals surface area contributed by atoms with Gasteiger partial charge in [-0.25, -0.2) is 0 Å². The molecule has 0 heterocycles. The molecule has 2 rings (SSSR count). The Labute approximate surface area is 173 Å². The van der Waals surface area contributed by atoms with Crippen molar-refractivity contribution in [3.63, 3.8) is 0 Å². The van der Waals surface area contributed by atoms with Crippen molar-refractivity contribution in [1.82, 2.24) is 0 Å². The first-order valence-corrected chi connectivity index (χ1v) is 11.2. The Hall–Kier alpha value is -1.05. The quantitative estimate of drug-likeness (QED) is 0.399. The SMILES string of the molecule is C[C-]=CCCCCO[Si](c1ccccc1)(c1ccccc1)C(C)(C)C.[Li+]. The monoisotopic (exact) mass is 358 g/mol. The molecule has 0 amide bonds. The molecule has 0 atom stereocenters. The van der Waals surface area contributed by atoms with Crippen LogP contribution in [0.1, 0.15) is 47.0 Å². The van der Waals surface area contributed by atoms with Crippen LogP contribution < -0.4 is 29.2 Å². The smallest absolute Gasteiger partial charge is 0.504 e. The summed E-state index contributed by atoms with van der Waals surface area (Å²) in [5, 5.41) is 2.78. The van der Waals surface area contributed by atoms with Crippen LogP contribution in [0.3, 0.4) is 0 Å². The zero-order chi connectivity index (χ0) is 18.2. The molecule has 0 saturated heterocycles. The predicted molar refractivity (Wildman–Crippen MR) is 111 cm³/mol. The fourth-order valence-electron chi connectivity index (χ4n) is 3.48. The number of allylic oxidation sites excluding steroid dienone is 2. The van der Waals surface area contributed by atoms with E-state index >= 15 is 0 Å². The van der Waals surface area contributed by atoms with Gasteiger partial charge in [-0.15, -0.1) is 0 Å². The van der Waals surface area contributed by atoms with Crippen molar-refractivity contribution >= 4 is 18.7 Å². The van der Waals surface area contributed by atoms with Gasteiger partial charge in [-0.2, -0.15) is 6.92 Å². The number of benzene rings is 2. The molecular weight excluding hydrogens is 327 g/mol. The third kappa shape index (κ3) is 5.47. The minimum atomic E-state index is -2.34. The van der Waals surface area contributed by atoms with Crippen molar-refractivity contribution in [2.45, 2.75) is 52.0 Å². The minimum Gasteiger partial charge on any atom is -0.504 e. The number of hydrogen-bond donors (Lipinski definition) is 0. The summed E-state index contributed by atoms with van der Waals surface area (Å²) < 4.78 is 6.85. The van der Waals surface area contributed by atoms with Gasteiger partial charge >= 0.3 is 18.9 Å². The van der Waals surface area contributed by atoms with Gasteiger partial charge in [-0.3, -0.25) is 6.08 Å². The second kappa shape index (κ2) is 10.9. The van der Waals surface area contributed by atoms with Gasteiger partial charge < -0.3 is 10.5 Å². The zero-order valence-corrected chi connectivity index (χ0v) is 18.1. The summed E-state index contributed by atoms with van der Waals surface area (Å²) in [6, 6.07) is 21.7. The molecule has 2 aromatic carbocycles. The zero-order valence-electron chi connectivity index (χ0n) is 17.1. The molecule has 0 aliphatic rings. The Balaban J connectivity index is 0.00000338. The van der Waals surface area contributed by atoms with E-state index in [0.717, 1.165) is 25.9 Å². The van der Waals surface area contributed by atoms with E-state index in [-0.39, 0.29) is 23.9 Å². The van der Waals surface area contributed by atoms with E-state index < -0.39 is 8.32 Å². The molecule has 0 aromatic heterocycles. The van der Waals surface area contributed by atoms with E-state index in [1.54, 1.807) is 0 Å². The molecule has 0 unspecified atom stereocenters. The molecule has 134 valence electrons. The Kier molecular flexibility index (Phi) is 9.68. The standard InChI is InChI=1S/C23H31OSi.Li/c1-5-6-7-8-15-20-24-25(23(2,3)4,21-16-11-9-12-17-21)22-18-13-10-14-19-22;/h6,9-14,16-19H,7-8,15,20H2,1-4H3;/q-1;+1. The van der Waals surface area contributed by atoms with E-state index in [0.29, 0.717) is 0 Å². The molecule has 26 heavy (non-hydrogen) atoms. The Morgan fingerprint density at radius 3 is 1.81 bits per heavy atom. The number of rotatable bonds is 8. The number of unbranched alkanes of at least 4 members (excludes halogenated alkanes) is 2. The van der Waals surface area contributed by atoms with Crippen molar-refractivity contribution < 1.29 is 23.3 Å². The van der Waals surface area contributed by atoms with Crippen LogP contribution in [-0.4, -0.2) is 14.9 Å². The van der Waals surface area contributed by atoms with Crippen molar-refractivity contribution in [3.05, 3.63) is 72.8 Å². The average Bonchev–Trinajstić information content (AvgIpc) is 2.62. The van der Waals surface area contributed by atoms with E-state index in [9.17, 15) is 0 Å². The van der Waals surface area contributed by atoms with Crippen molar-refractivity contribution in [2.24, 2.45) is 0 Å². The maximum Gasteiger partial charge on any atom is 1.00 e. The molecule has 2 aromatic rings. The van der Waals surface area contributed by atoms with E-state index in [4.69, 9.17) is 4.43 Å². The molecule has 0 spiro atoms. The van der Waals surface area contributed by atoms with Crippen molar-refractivity contribution in [1.29, 1.82) is 0 Å². The summed E-state index contributed by atoms with van der Waals surface area (Å²) in [6.45, 7) is 9.75. The molecule has 0 aliphatic carbocycles. The van der Waals surface area contributed by atoms with Gasteiger partial charge in [0.2, 0.25) is 0 Å². The summed E-state index contributed by atoms with van der Waals surface area (Å²) in [6.07, 6.45) is 8.53. The Morgan fingerprint density at radius 1 is 0.885 bits per heavy atom. The first-order valence-electron chi connectivity index (χ1n) is 9.26. The second-order valence-electron chi connectivity index (χ2n) is 7.50. The van der Waals surface area contributed by atoms with Crippen LogP contribution in [-0.2, 0) is 4.43 Å². The van der Waals surface area contributed by atoms with Gasteiger partial charge in [0.15, 0.2) is 0 Å². The fourth-order valence-corrected chi connectivity index (χ4v) is 8.09. The normalized spacial score (nSPS) is 12.2. The third-order valence-corrected chi connectivity index (χ3v) is 9.72. The largest absolute Gasteiger partial charge is 1.00 e. The van der Waals surface area contributed by atoms with Gasteiger partial charge in [0.05, 0.1) is 0 Å². The summed E-state index contributed by atoms with van der Waals surface area (Å²) in [5.74, 6) is 0. The van der Waals surface area contributed by atoms with Crippen molar-refractivity contribution in [3.8, 4) is 0 Å². The van der Waals surface area contributed by atoms with Crippen LogP contribution in [0.4, 0.5) is 0 Å². The van der Waals surface area contributed by atoms with Gasteiger partial charge in [0, 0.05) is 6.61 Å². The van der Waals surface area contributed by atoms with Crippen LogP contribution >= 0.6 is 0 Å². The molecule has 0 radical (unpaired) electrons. The van der Waals surface area contributed by atoms with Crippen LogP contribution in [0.25, 0.3) is 0 Å². The van der Waals surface area contributed by atoms with E-state index in [1.807, 2.05) is 6.92 Å². The maximum atomic E-state index is 6.85. The van der Waals surface area contributed by atoms with E-state index in [1.165, 1.54) is 10.4 Å². The molecule has 0 N–H and O–H groups in total. The summed E-state index contributed by atoms with van der Waals surface area (Å²) in [5.41, 5.74) is 0. The molecular formula is C23H31LiOSi. The summed E-state index contributed by atoms with van der Waals surface area (Å²) in [7, 11) is -2.34. The molecule has 0 aliphatic heterocycles. The van der Waals surface area contributed by atoms with Crippen molar-refractivity contribution in [2.75, 3.05) is 6.61 Å². The van der Waals surface area contributed by atoms with Gasteiger partial charge in [-0.05, 0) is 21.8 Å². The summed E-state index contributed by atoms with van der Waals surface area (Å²) >= 11 is 0. The molecule has 0 bridgehead atoms. The van der Waals surface area contributed by atoms with Crippen LogP contribution in [0, 0.1) is 6.08 Å². The Bertz CT molecular complexity index is 607. The number of hydrogen-bond acceptors (Lipinski definition) is 1. The molecule has 1 nitrogen and oxygen atoms in total. The first-order chi connectivity index (χ1) is 12.0. The minimum absolute atomic E-state index is 0. The fraction of sp³-hybridized carbons (Fsp3) is 0.391. The molecule has 0 fully saturated rings. The first kappa shape index (κ1) is 23.0. The van der Waals surface area contributed by atoms with E-state index in [2.05, 4.69) is 93.6 Å². The van der Waals surface area contributed by atoms with Gasteiger partial charge in [0.1, 0.15) is 0 Å². The van der Waals surface area contributed by atoms with Gasteiger partial charge in [0.25, 0.3) is 8.32 Å². The predicted octanol–water partition coefficient (Wildman–Crippen LogP) is 2.12. The Morgan fingerprint density at radius 2 is 1.38 bits per heavy atom.